The Kier molecular flexibility index (Phi) is 2.86. The minimum absolute atomic E-state index is 0.0900. The first-order valence-electron chi connectivity index (χ1n) is 5.37. The topological polar surface area (TPSA) is 29.1 Å². The Bertz CT molecular complexity index is 395. The lowest BCUT2D eigenvalue weighted by Gasteiger charge is -2.10. The SMILES string of the molecule is CCCNC(=O)C1C=Cc2ccccc21. The Labute approximate surface area is 90.0 Å². The number of benzene rings is 1. The zero-order chi connectivity index (χ0) is 10.7. The van der Waals surface area contributed by atoms with Crippen LogP contribution in [0.15, 0.2) is 30.3 Å². The van der Waals surface area contributed by atoms with Crippen molar-refractivity contribution in [1.82, 2.24) is 5.32 Å². The minimum Gasteiger partial charge on any atom is -0.355 e. The molecule has 0 heterocycles. The van der Waals surface area contributed by atoms with Gasteiger partial charge < -0.3 is 5.32 Å². The highest BCUT2D eigenvalue weighted by Crippen LogP contribution is 2.29. The molecule has 1 N–H and O–H groups in total. The Hall–Kier alpha value is -1.57. The summed E-state index contributed by atoms with van der Waals surface area (Å²) in [6.45, 7) is 2.81. The number of carbonyl (C=O) groups excluding carboxylic acids is 1. The number of rotatable bonds is 3. The van der Waals surface area contributed by atoms with Gasteiger partial charge in [0, 0.05) is 6.54 Å². The molecule has 1 aromatic carbocycles. The van der Waals surface area contributed by atoms with Gasteiger partial charge in [-0.05, 0) is 17.5 Å². The van der Waals surface area contributed by atoms with Crippen molar-refractivity contribution in [1.29, 1.82) is 0 Å². The second-order valence-electron chi connectivity index (χ2n) is 3.76. The van der Waals surface area contributed by atoms with Crippen molar-refractivity contribution < 1.29 is 4.79 Å². The molecule has 1 aliphatic rings. The monoisotopic (exact) mass is 201 g/mol. The maximum absolute atomic E-state index is 11.8. The Morgan fingerprint density at radius 2 is 2.20 bits per heavy atom. The van der Waals surface area contributed by atoms with Crippen molar-refractivity contribution in [3.63, 3.8) is 0 Å². The first-order valence-corrected chi connectivity index (χ1v) is 5.37. The van der Waals surface area contributed by atoms with E-state index in [9.17, 15) is 4.79 Å². The molecule has 1 atom stereocenters. The summed E-state index contributed by atoms with van der Waals surface area (Å²) in [4.78, 5) is 11.8. The maximum atomic E-state index is 11.8. The summed E-state index contributed by atoms with van der Waals surface area (Å²) in [5, 5.41) is 2.92. The van der Waals surface area contributed by atoms with Gasteiger partial charge in [-0.15, -0.1) is 0 Å². The zero-order valence-electron chi connectivity index (χ0n) is 8.86. The number of carbonyl (C=O) groups is 1. The predicted molar refractivity (Wildman–Crippen MR) is 61.5 cm³/mol. The second-order valence-corrected chi connectivity index (χ2v) is 3.76. The van der Waals surface area contributed by atoms with Gasteiger partial charge in [-0.3, -0.25) is 4.79 Å². The summed E-state index contributed by atoms with van der Waals surface area (Å²) >= 11 is 0. The standard InChI is InChI=1S/C13H15NO/c1-2-9-14-13(15)12-8-7-10-5-3-4-6-11(10)12/h3-8,12H,2,9H2,1H3,(H,14,15). The summed E-state index contributed by atoms with van der Waals surface area (Å²) in [7, 11) is 0. The van der Waals surface area contributed by atoms with Crippen molar-refractivity contribution >= 4 is 12.0 Å². The third-order valence-electron chi connectivity index (χ3n) is 2.63. The van der Waals surface area contributed by atoms with Crippen LogP contribution in [-0.2, 0) is 4.79 Å². The molecular weight excluding hydrogens is 186 g/mol. The van der Waals surface area contributed by atoms with Gasteiger partial charge in [0.1, 0.15) is 0 Å². The fourth-order valence-corrected chi connectivity index (χ4v) is 1.84. The van der Waals surface area contributed by atoms with E-state index < -0.39 is 0 Å². The van der Waals surface area contributed by atoms with E-state index in [0.717, 1.165) is 24.1 Å². The maximum Gasteiger partial charge on any atom is 0.231 e. The largest absolute Gasteiger partial charge is 0.355 e. The lowest BCUT2D eigenvalue weighted by Crippen LogP contribution is -2.28. The zero-order valence-corrected chi connectivity index (χ0v) is 8.86. The van der Waals surface area contributed by atoms with Gasteiger partial charge >= 0.3 is 0 Å². The van der Waals surface area contributed by atoms with Crippen molar-refractivity contribution in [2.75, 3.05) is 6.54 Å². The van der Waals surface area contributed by atoms with Crippen LogP contribution in [0.4, 0.5) is 0 Å². The van der Waals surface area contributed by atoms with Gasteiger partial charge in [-0.25, -0.2) is 0 Å². The summed E-state index contributed by atoms with van der Waals surface area (Å²) in [5.41, 5.74) is 2.28. The molecule has 1 unspecified atom stereocenters. The average molecular weight is 201 g/mol. The van der Waals surface area contributed by atoms with E-state index in [1.807, 2.05) is 36.4 Å². The van der Waals surface area contributed by atoms with Crippen LogP contribution < -0.4 is 5.32 Å². The first kappa shape index (κ1) is 9.97. The van der Waals surface area contributed by atoms with Gasteiger partial charge in [0.25, 0.3) is 0 Å². The number of amides is 1. The molecule has 2 rings (SSSR count). The van der Waals surface area contributed by atoms with Crippen molar-refractivity contribution in [3.05, 3.63) is 41.5 Å². The van der Waals surface area contributed by atoms with Gasteiger partial charge in [0.2, 0.25) is 5.91 Å². The molecule has 1 aromatic rings. The summed E-state index contributed by atoms with van der Waals surface area (Å²) in [6.07, 6.45) is 4.96. The molecule has 0 saturated carbocycles. The van der Waals surface area contributed by atoms with E-state index in [-0.39, 0.29) is 11.8 Å². The molecule has 0 saturated heterocycles. The van der Waals surface area contributed by atoms with E-state index in [0.29, 0.717) is 0 Å². The lowest BCUT2D eigenvalue weighted by atomic mass is 10.0. The van der Waals surface area contributed by atoms with Crippen LogP contribution in [-0.4, -0.2) is 12.5 Å². The Balaban J connectivity index is 2.14. The van der Waals surface area contributed by atoms with Crippen LogP contribution in [0.5, 0.6) is 0 Å². The minimum atomic E-state index is -0.0900. The molecule has 0 fully saturated rings. The van der Waals surface area contributed by atoms with Gasteiger partial charge in [-0.2, -0.15) is 0 Å². The number of hydrogen-bond acceptors (Lipinski definition) is 1. The molecule has 0 radical (unpaired) electrons. The van der Waals surface area contributed by atoms with Crippen molar-refractivity contribution in [3.8, 4) is 0 Å². The van der Waals surface area contributed by atoms with Crippen LogP contribution in [0.2, 0.25) is 0 Å². The van der Waals surface area contributed by atoms with Gasteiger partial charge in [0.05, 0.1) is 5.92 Å². The highest BCUT2D eigenvalue weighted by Gasteiger charge is 2.22. The molecule has 0 spiro atoms. The highest BCUT2D eigenvalue weighted by molar-refractivity contribution is 5.90. The molecule has 1 aliphatic carbocycles. The Morgan fingerprint density at radius 1 is 1.40 bits per heavy atom. The molecule has 0 aliphatic heterocycles. The van der Waals surface area contributed by atoms with Gasteiger partial charge in [-0.1, -0.05) is 43.3 Å². The van der Waals surface area contributed by atoms with Crippen LogP contribution in [0, 0.1) is 0 Å². The molecule has 1 amide bonds. The van der Waals surface area contributed by atoms with Crippen LogP contribution in [0.3, 0.4) is 0 Å². The van der Waals surface area contributed by atoms with Crippen LogP contribution in [0.25, 0.3) is 6.08 Å². The number of nitrogens with one attached hydrogen (secondary N) is 1. The lowest BCUT2D eigenvalue weighted by molar-refractivity contribution is -0.121. The van der Waals surface area contributed by atoms with E-state index in [1.54, 1.807) is 0 Å². The third kappa shape index (κ3) is 1.94. The fourth-order valence-electron chi connectivity index (χ4n) is 1.84. The molecule has 2 heteroatoms. The summed E-state index contributed by atoms with van der Waals surface area (Å²) in [5.74, 6) is 0.0193. The second kappa shape index (κ2) is 4.30. The Morgan fingerprint density at radius 3 is 3.00 bits per heavy atom. The van der Waals surface area contributed by atoms with Crippen LogP contribution >= 0.6 is 0 Å². The van der Waals surface area contributed by atoms with E-state index in [4.69, 9.17) is 0 Å². The quantitative estimate of drug-likeness (QED) is 0.799. The van der Waals surface area contributed by atoms with E-state index in [1.165, 1.54) is 0 Å². The summed E-state index contributed by atoms with van der Waals surface area (Å²) < 4.78 is 0. The smallest absolute Gasteiger partial charge is 0.231 e. The molecule has 0 bridgehead atoms. The molecule has 15 heavy (non-hydrogen) atoms. The molecule has 78 valence electrons. The van der Waals surface area contributed by atoms with E-state index in [2.05, 4.69) is 12.2 Å². The average Bonchev–Trinajstić information content (AvgIpc) is 2.69. The first-order chi connectivity index (χ1) is 7.33. The number of hydrogen-bond donors (Lipinski definition) is 1. The van der Waals surface area contributed by atoms with Crippen LogP contribution in [0.1, 0.15) is 30.4 Å². The molecular formula is C13H15NO. The molecule has 0 aromatic heterocycles. The van der Waals surface area contributed by atoms with Crippen molar-refractivity contribution in [2.24, 2.45) is 0 Å². The predicted octanol–water partition coefficient (Wildman–Crippen LogP) is 2.32. The fraction of sp³-hybridized carbons (Fsp3) is 0.308. The summed E-state index contributed by atoms with van der Waals surface area (Å²) in [6, 6.07) is 8.03. The number of fused-ring (bicyclic) bond motifs is 1. The highest BCUT2D eigenvalue weighted by atomic mass is 16.1. The van der Waals surface area contributed by atoms with Gasteiger partial charge in [0.15, 0.2) is 0 Å². The third-order valence-corrected chi connectivity index (χ3v) is 2.63. The normalized spacial score (nSPS) is 17.5. The van der Waals surface area contributed by atoms with E-state index >= 15 is 0 Å². The van der Waals surface area contributed by atoms with Crippen molar-refractivity contribution in [2.45, 2.75) is 19.3 Å². The molecule has 2 nitrogen and oxygen atoms in total.